The SMILES string of the molecule is CSCC[C@H](NC(=O)[C@H](CCCCN)NC(=O)CNC(=O)[C@H](Cc1ccccc1)NC(=O)[C@@H](NC(=O)[C@@H](N)CCCCN)[C@@H](C)O)C(=O)N[C@@H](CCCCN)C(=O)N1CCC[C@H]1C(=O)N[C@@H](CCCN=C(N)N)C(=O)O. The highest BCUT2D eigenvalue weighted by Crippen LogP contribution is 2.21. The van der Waals surface area contributed by atoms with Crippen LogP contribution >= 0.6 is 11.8 Å². The highest BCUT2D eigenvalue weighted by Gasteiger charge is 2.40. The van der Waals surface area contributed by atoms with Crippen LogP contribution in [0.1, 0.15) is 102 Å². The smallest absolute Gasteiger partial charge is 0.326 e. The number of carbonyl (C=O) groups is 9. The number of rotatable bonds is 38. The lowest BCUT2D eigenvalue weighted by molar-refractivity contribution is -0.145. The number of carbonyl (C=O) groups excluding carboxylic acids is 8. The molecule has 0 aromatic heterocycles. The van der Waals surface area contributed by atoms with E-state index in [0.29, 0.717) is 69.4 Å². The van der Waals surface area contributed by atoms with Crippen LogP contribution < -0.4 is 71.6 Å². The van der Waals surface area contributed by atoms with Gasteiger partial charge in [-0.05, 0) is 128 Å². The lowest BCUT2D eigenvalue weighted by atomic mass is 10.0. The number of aliphatic carboxylic acids is 1. The molecule has 26 nitrogen and oxygen atoms in total. The number of carboxylic acids is 1. The number of carboxylic acid groups (broad SMARTS) is 1. The first-order valence-electron chi connectivity index (χ1n) is 26.0. The number of nitrogens with two attached hydrogens (primary N) is 6. The predicted octanol–water partition coefficient (Wildman–Crippen LogP) is -3.77. The van der Waals surface area contributed by atoms with E-state index >= 15 is 0 Å². The monoisotopic (exact) mass is 1090 g/mol. The largest absolute Gasteiger partial charge is 0.480 e. The van der Waals surface area contributed by atoms with E-state index in [1.165, 1.54) is 23.6 Å². The number of aliphatic imine (C=N–C) groups is 1. The van der Waals surface area contributed by atoms with E-state index < -0.39 is 114 Å². The summed E-state index contributed by atoms with van der Waals surface area (Å²) in [6, 6.07) is -0.985. The number of hydrogen-bond donors (Lipinski definition) is 15. The summed E-state index contributed by atoms with van der Waals surface area (Å²) in [7, 11) is 0. The lowest BCUT2D eigenvalue weighted by Gasteiger charge is -2.30. The number of hydrogen-bond acceptors (Lipinski definition) is 16. The number of amides is 8. The summed E-state index contributed by atoms with van der Waals surface area (Å²) in [6.07, 6.45) is 4.98. The minimum Gasteiger partial charge on any atom is -0.480 e. The van der Waals surface area contributed by atoms with Crippen LogP contribution in [0.4, 0.5) is 0 Å². The molecule has 8 amide bonds. The Kier molecular flexibility index (Phi) is 31.9. The Morgan fingerprint density at radius 1 is 0.684 bits per heavy atom. The zero-order valence-corrected chi connectivity index (χ0v) is 44.8. The van der Waals surface area contributed by atoms with Crippen LogP contribution in [0.5, 0.6) is 0 Å². The highest BCUT2D eigenvalue weighted by atomic mass is 32.2. The van der Waals surface area contributed by atoms with Crippen molar-refractivity contribution in [1.29, 1.82) is 0 Å². The molecular weight excluding hydrogens is 1010 g/mol. The number of aliphatic hydroxyl groups is 1. The fourth-order valence-corrected chi connectivity index (χ4v) is 8.73. The van der Waals surface area contributed by atoms with Gasteiger partial charge in [0.15, 0.2) is 5.96 Å². The second-order valence-electron chi connectivity index (χ2n) is 18.7. The molecule has 2 rings (SSSR count). The van der Waals surface area contributed by atoms with Crippen LogP contribution in [-0.2, 0) is 49.6 Å². The van der Waals surface area contributed by atoms with E-state index in [2.05, 4.69) is 42.2 Å². The third-order valence-electron chi connectivity index (χ3n) is 12.5. The van der Waals surface area contributed by atoms with Crippen molar-refractivity contribution in [2.24, 2.45) is 39.4 Å². The normalized spacial score (nSPS) is 16.2. The van der Waals surface area contributed by atoms with Crippen LogP contribution in [0, 0.1) is 0 Å². The van der Waals surface area contributed by atoms with Gasteiger partial charge in [0.05, 0.1) is 18.7 Å². The Morgan fingerprint density at radius 2 is 1.25 bits per heavy atom. The number of thioether (sulfide) groups is 1. The number of aliphatic hydroxyl groups excluding tert-OH is 1. The number of benzene rings is 1. The predicted molar refractivity (Wildman–Crippen MR) is 288 cm³/mol. The van der Waals surface area contributed by atoms with E-state index in [1.54, 1.807) is 36.6 Å². The van der Waals surface area contributed by atoms with Crippen molar-refractivity contribution in [3.63, 3.8) is 0 Å². The zero-order valence-electron chi connectivity index (χ0n) is 44.0. The first-order valence-corrected chi connectivity index (χ1v) is 27.4. The average Bonchev–Trinajstić information content (AvgIpc) is 3.89. The molecule has 0 saturated carbocycles. The Hall–Kier alpha value is -6.13. The molecule has 0 bridgehead atoms. The van der Waals surface area contributed by atoms with Gasteiger partial charge in [-0.3, -0.25) is 43.3 Å². The van der Waals surface area contributed by atoms with Crippen molar-refractivity contribution in [3.05, 3.63) is 35.9 Å². The second kappa shape index (κ2) is 36.8. The third-order valence-corrected chi connectivity index (χ3v) is 13.2. The first kappa shape index (κ1) is 66.0. The number of guanidine groups is 1. The van der Waals surface area contributed by atoms with Crippen molar-refractivity contribution < 1.29 is 53.4 Å². The van der Waals surface area contributed by atoms with Gasteiger partial charge in [-0.2, -0.15) is 11.8 Å². The maximum atomic E-state index is 14.3. The molecule has 1 heterocycles. The molecule has 1 aromatic rings. The molecule has 1 saturated heterocycles. The topological polar surface area (TPSA) is 450 Å². The molecule has 1 aliphatic heterocycles. The Labute approximate surface area is 449 Å². The maximum absolute atomic E-state index is 14.3. The number of likely N-dealkylation sites (tertiary alicyclic amines) is 1. The van der Waals surface area contributed by atoms with Crippen molar-refractivity contribution in [2.75, 3.05) is 51.3 Å². The number of nitrogens with zero attached hydrogens (tertiary/aromatic N) is 2. The van der Waals surface area contributed by atoms with E-state index in [1.807, 2.05) is 0 Å². The van der Waals surface area contributed by atoms with Gasteiger partial charge in [0.1, 0.15) is 42.3 Å². The van der Waals surface area contributed by atoms with Crippen LogP contribution in [0.2, 0.25) is 0 Å². The quantitative estimate of drug-likeness (QED) is 0.0172. The third kappa shape index (κ3) is 24.7. The van der Waals surface area contributed by atoms with Crippen LogP contribution in [0.25, 0.3) is 0 Å². The second-order valence-corrected chi connectivity index (χ2v) is 19.7. The van der Waals surface area contributed by atoms with E-state index in [4.69, 9.17) is 34.4 Å². The lowest BCUT2D eigenvalue weighted by Crippen LogP contribution is -2.60. The van der Waals surface area contributed by atoms with Gasteiger partial charge in [-0.25, -0.2) is 4.79 Å². The molecular formula is C49H85N15O11S. The van der Waals surface area contributed by atoms with Crippen LogP contribution in [-0.4, -0.2) is 180 Å². The van der Waals surface area contributed by atoms with E-state index in [9.17, 15) is 53.4 Å². The van der Waals surface area contributed by atoms with Crippen molar-refractivity contribution in [3.8, 4) is 0 Å². The van der Waals surface area contributed by atoms with Crippen molar-refractivity contribution >= 4 is 70.9 Å². The fraction of sp³-hybridized carbons (Fsp3) is 0.673. The molecule has 428 valence electrons. The molecule has 27 heteroatoms. The van der Waals surface area contributed by atoms with Gasteiger partial charge >= 0.3 is 5.97 Å². The molecule has 1 fully saturated rings. The molecule has 0 aliphatic carbocycles. The Morgan fingerprint density at radius 3 is 1.83 bits per heavy atom. The van der Waals surface area contributed by atoms with Crippen LogP contribution in [0.3, 0.4) is 0 Å². The summed E-state index contributed by atoms with van der Waals surface area (Å²) in [5, 5.41) is 38.6. The summed E-state index contributed by atoms with van der Waals surface area (Å²) in [5.41, 5.74) is 34.4. The van der Waals surface area contributed by atoms with Gasteiger partial charge in [0.25, 0.3) is 0 Å². The molecule has 76 heavy (non-hydrogen) atoms. The number of nitrogens with one attached hydrogen (secondary N) is 7. The maximum Gasteiger partial charge on any atom is 0.326 e. The summed E-state index contributed by atoms with van der Waals surface area (Å²) in [6.45, 7) is 1.95. The van der Waals surface area contributed by atoms with Gasteiger partial charge in [-0.1, -0.05) is 36.8 Å². The molecule has 9 atom stereocenters. The van der Waals surface area contributed by atoms with Crippen molar-refractivity contribution in [2.45, 2.75) is 158 Å². The molecule has 0 unspecified atom stereocenters. The molecule has 21 N–H and O–H groups in total. The van der Waals surface area contributed by atoms with Crippen molar-refractivity contribution in [1.82, 2.24) is 42.1 Å². The summed E-state index contributed by atoms with van der Waals surface area (Å²) in [4.78, 5) is 127. The first-order chi connectivity index (χ1) is 36.3. The molecule has 0 spiro atoms. The van der Waals surface area contributed by atoms with E-state index in [0.717, 1.165) is 0 Å². The Bertz CT molecular complexity index is 2040. The summed E-state index contributed by atoms with van der Waals surface area (Å²) in [5.74, 6) is -6.85. The molecule has 1 aromatic carbocycles. The van der Waals surface area contributed by atoms with Gasteiger partial charge in [-0.15, -0.1) is 0 Å². The highest BCUT2D eigenvalue weighted by molar-refractivity contribution is 7.98. The zero-order chi connectivity index (χ0) is 56.6. The number of unbranched alkanes of at least 4 members (excludes halogenated alkanes) is 3. The average molecular weight is 1090 g/mol. The van der Waals surface area contributed by atoms with Gasteiger partial charge < -0.3 is 86.7 Å². The summed E-state index contributed by atoms with van der Waals surface area (Å²) < 4.78 is 0. The van der Waals surface area contributed by atoms with Gasteiger partial charge in [0, 0.05) is 19.5 Å². The Balaban J connectivity index is 2.28. The van der Waals surface area contributed by atoms with E-state index in [-0.39, 0.29) is 77.0 Å². The molecule has 1 aliphatic rings. The van der Waals surface area contributed by atoms with Crippen LogP contribution in [0.15, 0.2) is 35.3 Å². The summed E-state index contributed by atoms with van der Waals surface area (Å²) >= 11 is 1.40. The standard InChI is InChI=1S/C49H85N15O11S/c1-30(65)40(63-41(67)32(53)16-6-9-22-50)46(72)62-37(28-31-14-4-3-5-15-31)42(68)57-29-39(66)58-33(17-7-10-23-51)43(69)59-34(21-27-76-2)44(70)60-35(18-8-11-24-52)47(73)64-26-13-20-38(64)45(71)61-36(48(74)75)19-12-25-56-49(54)55/h3-5,14-15,30,32-38,40,65H,6-13,16-29,50-53H2,1-2H3,(H,57,68)(H,58,66)(H,59,69)(H,60,70)(H,61,71)(H,62,72)(H,63,67)(H,74,75)(H4,54,55,56)/t30-,32+,33+,34+,35+,36+,37+,38+,40+/m1/s1. The van der Waals surface area contributed by atoms with Gasteiger partial charge in [0.2, 0.25) is 47.3 Å². The minimum absolute atomic E-state index is 0.0224. The minimum atomic E-state index is -1.49. The fourth-order valence-electron chi connectivity index (χ4n) is 8.25. The molecule has 0 radical (unpaired) electrons.